The van der Waals surface area contributed by atoms with Gasteiger partial charge in [0.05, 0.1) is 0 Å². The van der Waals surface area contributed by atoms with Crippen LogP contribution in [0.3, 0.4) is 0 Å². The Bertz CT molecular complexity index is 968. The molecule has 3 aromatic rings. The summed E-state index contributed by atoms with van der Waals surface area (Å²) in [6.45, 7) is 0.319. The molecule has 1 heterocycles. The molecule has 1 N–H and O–H groups in total. The number of hydrogen-bond acceptors (Lipinski definition) is 7. The standard InChI is InChI=1S/C19H15N3O4S/c1-26-11-15-21-22-19(27-15)20-18(25)14-9-7-13(8-10-14)17(24)16(23)12-5-3-2-4-6-12/h2-10H,11H2,1H3,(H,20,22,25). The second kappa shape index (κ2) is 8.43. The molecule has 27 heavy (non-hydrogen) atoms. The van der Waals surface area contributed by atoms with Crippen LogP contribution in [0.15, 0.2) is 54.6 Å². The van der Waals surface area contributed by atoms with E-state index >= 15 is 0 Å². The van der Waals surface area contributed by atoms with Gasteiger partial charge in [-0.1, -0.05) is 53.8 Å². The Kier molecular flexibility index (Phi) is 5.80. The number of methoxy groups -OCH3 is 1. The number of hydrogen-bond donors (Lipinski definition) is 1. The summed E-state index contributed by atoms with van der Waals surface area (Å²) < 4.78 is 4.95. The number of carbonyl (C=O) groups excluding carboxylic acids is 3. The Morgan fingerprint density at radius 2 is 1.48 bits per heavy atom. The zero-order valence-corrected chi connectivity index (χ0v) is 15.2. The highest BCUT2D eigenvalue weighted by Crippen LogP contribution is 2.17. The van der Waals surface area contributed by atoms with E-state index in [4.69, 9.17) is 4.74 Å². The van der Waals surface area contributed by atoms with Gasteiger partial charge in [-0.25, -0.2) is 0 Å². The molecule has 0 aliphatic carbocycles. The van der Waals surface area contributed by atoms with Crippen LogP contribution in [0.25, 0.3) is 0 Å². The van der Waals surface area contributed by atoms with Gasteiger partial charge < -0.3 is 4.74 Å². The van der Waals surface area contributed by atoms with Gasteiger partial charge in [0, 0.05) is 23.8 Å². The molecule has 1 amide bonds. The molecule has 136 valence electrons. The first-order valence-electron chi connectivity index (χ1n) is 7.95. The maximum Gasteiger partial charge on any atom is 0.257 e. The third kappa shape index (κ3) is 4.49. The summed E-state index contributed by atoms with van der Waals surface area (Å²) in [7, 11) is 1.55. The van der Waals surface area contributed by atoms with Gasteiger partial charge in [-0.15, -0.1) is 10.2 Å². The summed E-state index contributed by atoms with van der Waals surface area (Å²) in [6, 6.07) is 14.2. The number of nitrogens with zero attached hydrogens (tertiary/aromatic N) is 2. The van der Waals surface area contributed by atoms with E-state index in [0.29, 0.717) is 27.9 Å². The molecule has 1 aromatic heterocycles. The zero-order chi connectivity index (χ0) is 19.2. The highest BCUT2D eigenvalue weighted by molar-refractivity contribution is 7.15. The van der Waals surface area contributed by atoms with Crippen molar-refractivity contribution in [2.24, 2.45) is 0 Å². The molecule has 0 aliphatic heterocycles. The third-order valence-corrected chi connectivity index (χ3v) is 4.42. The lowest BCUT2D eigenvalue weighted by Gasteiger charge is -2.04. The van der Waals surface area contributed by atoms with E-state index in [0.717, 1.165) is 0 Å². The van der Waals surface area contributed by atoms with E-state index in [9.17, 15) is 14.4 Å². The average molecular weight is 381 g/mol. The minimum absolute atomic E-state index is 0.221. The second-order valence-electron chi connectivity index (χ2n) is 5.49. The third-order valence-electron chi connectivity index (χ3n) is 3.61. The molecule has 0 atom stereocenters. The van der Waals surface area contributed by atoms with Crippen molar-refractivity contribution in [2.45, 2.75) is 6.61 Å². The maximum atomic E-state index is 12.3. The van der Waals surface area contributed by atoms with Crippen LogP contribution in [-0.2, 0) is 11.3 Å². The lowest BCUT2D eigenvalue weighted by atomic mass is 10.0. The normalized spacial score (nSPS) is 10.4. The topological polar surface area (TPSA) is 98.2 Å². The number of ketones is 2. The number of aromatic nitrogens is 2. The van der Waals surface area contributed by atoms with Crippen LogP contribution < -0.4 is 5.32 Å². The Hall–Kier alpha value is -3.23. The number of amides is 1. The second-order valence-corrected chi connectivity index (χ2v) is 6.55. The molecular weight excluding hydrogens is 366 g/mol. The van der Waals surface area contributed by atoms with Crippen LogP contribution in [0.5, 0.6) is 0 Å². The largest absolute Gasteiger partial charge is 0.377 e. The molecule has 3 rings (SSSR count). The molecule has 7 nitrogen and oxygen atoms in total. The molecule has 0 bridgehead atoms. The molecule has 2 aromatic carbocycles. The first-order chi connectivity index (χ1) is 13.1. The van der Waals surface area contributed by atoms with Gasteiger partial charge in [0.15, 0.2) is 0 Å². The molecule has 0 saturated carbocycles. The number of nitrogens with one attached hydrogen (secondary N) is 1. The number of Topliss-reactive ketones (excluding diaryl/α,β-unsaturated/α-hetero) is 2. The summed E-state index contributed by atoms with van der Waals surface area (Å²) >= 11 is 1.21. The summed E-state index contributed by atoms with van der Waals surface area (Å²) in [4.78, 5) is 36.8. The smallest absolute Gasteiger partial charge is 0.257 e. The molecule has 0 unspecified atom stereocenters. The van der Waals surface area contributed by atoms with Crippen molar-refractivity contribution in [3.05, 3.63) is 76.3 Å². The Morgan fingerprint density at radius 3 is 2.11 bits per heavy atom. The van der Waals surface area contributed by atoms with Gasteiger partial charge >= 0.3 is 0 Å². The summed E-state index contributed by atoms with van der Waals surface area (Å²) in [5.41, 5.74) is 0.883. The van der Waals surface area contributed by atoms with Crippen LogP contribution in [0.4, 0.5) is 5.13 Å². The molecule has 0 radical (unpaired) electrons. The van der Waals surface area contributed by atoms with Crippen molar-refractivity contribution in [2.75, 3.05) is 12.4 Å². The Morgan fingerprint density at radius 1 is 0.889 bits per heavy atom. The average Bonchev–Trinajstić information content (AvgIpc) is 3.15. The SMILES string of the molecule is COCc1nnc(NC(=O)c2ccc(C(=O)C(=O)c3ccccc3)cc2)s1. The van der Waals surface area contributed by atoms with Crippen molar-refractivity contribution in [3.8, 4) is 0 Å². The number of benzene rings is 2. The lowest BCUT2D eigenvalue weighted by molar-refractivity contribution is 0.0817. The first kappa shape index (κ1) is 18.6. The van der Waals surface area contributed by atoms with E-state index in [-0.39, 0.29) is 11.5 Å². The van der Waals surface area contributed by atoms with E-state index in [1.54, 1.807) is 37.4 Å². The molecule has 0 aliphatic rings. The van der Waals surface area contributed by atoms with Gasteiger partial charge in [0.1, 0.15) is 11.6 Å². The highest BCUT2D eigenvalue weighted by Gasteiger charge is 2.18. The van der Waals surface area contributed by atoms with Gasteiger partial charge in [-0.2, -0.15) is 0 Å². The molecule has 0 saturated heterocycles. The van der Waals surface area contributed by atoms with E-state index in [1.807, 2.05) is 0 Å². The van der Waals surface area contributed by atoms with Gasteiger partial charge in [-0.3, -0.25) is 19.7 Å². The molecule has 8 heteroatoms. The quantitative estimate of drug-likeness (QED) is 0.499. The number of ether oxygens (including phenoxy) is 1. The van der Waals surface area contributed by atoms with Crippen molar-refractivity contribution in [3.63, 3.8) is 0 Å². The zero-order valence-electron chi connectivity index (χ0n) is 14.3. The summed E-state index contributed by atoms with van der Waals surface area (Å²) in [5, 5.41) is 11.4. The van der Waals surface area contributed by atoms with Crippen molar-refractivity contribution < 1.29 is 19.1 Å². The van der Waals surface area contributed by atoms with Gasteiger partial charge in [0.2, 0.25) is 16.7 Å². The lowest BCUT2D eigenvalue weighted by Crippen LogP contribution is -2.15. The van der Waals surface area contributed by atoms with Crippen molar-refractivity contribution in [1.29, 1.82) is 0 Å². The van der Waals surface area contributed by atoms with Crippen molar-refractivity contribution in [1.82, 2.24) is 10.2 Å². The van der Waals surface area contributed by atoms with Crippen LogP contribution in [0.1, 0.15) is 36.1 Å². The molecule has 0 fully saturated rings. The predicted octanol–water partition coefficient (Wildman–Crippen LogP) is 3.00. The van der Waals surface area contributed by atoms with Crippen LogP contribution >= 0.6 is 11.3 Å². The van der Waals surface area contributed by atoms with Gasteiger partial charge in [-0.05, 0) is 12.1 Å². The molecular formula is C19H15N3O4S. The van der Waals surface area contributed by atoms with E-state index in [1.165, 1.54) is 35.6 Å². The fourth-order valence-corrected chi connectivity index (χ4v) is 2.99. The number of rotatable bonds is 7. The van der Waals surface area contributed by atoms with Crippen LogP contribution in [0.2, 0.25) is 0 Å². The number of carbonyl (C=O) groups is 3. The Balaban J connectivity index is 1.68. The van der Waals surface area contributed by atoms with Crippen molar-refractivity contribution >= 4 is 33.9 Å². The molecule has 0 spiro atoms. The van der Waals surface area contributed by atoms with Gasteiger partial charge in [0.25, 0.3) is 5.91 Å². The fourth-order valence-electron chi connectivity index (χ4n) is 2.28. The fraction of sp³-hybridized carbons (Fsp3) is 0.105. The summed E-state index contributed by atoms with van der Waals surface area (Å²) in [5.74, 6) is -1.60. The Labute approximate surface area is 159 Å². The van der Waals surface area contributed by atoms with Crippen LogP contribution in [-0.4, -0.2) is 34.8 Å². The number of anilines is 1. The maximum absolute atomic E-state index is 12.3. The minimum Gasteiger partial charge on any atom is -0.377 e. The minimum atomic E-state index is -0.624. The van der Waals surface area contributed by atoms with E-state index in [2.05, 4.69) is 15.5 Å². The highest BCUT2D eigenvalue weighted by atomic mass is 32.1. The predicted molar refractivity (Wildman–Crippen MR) is 100 cm³/mol. The van der Waals surface area contributed by atoms with E-state index < -0.39 is 11.6 Å². The summed E-state index contributed by atoms with van der Waals surface area (Å²) in [6.07, 6.45) is 0. The van der Waals surface area contributed by atoms with Crippen LogP contribution in [0, 0.1) is 0 Å². The first-order valence-corrected chi connectivity index (χ1v) is 8.77. The monoisotopic (exact) mass is 381 g/mol.